The van der Waals surface area contributed by atoms with E-state index in [9.17, 15) is 17.6 Å². The second kappa shape index (κ2) is 3.94. The van der Waals surface area contributed by atoms with E-state index < -0.39 is 24.4 Å². The molecular formula is C9H8F4N4. The Labute approximate surface area is 93.3 Å². The predicted molar refractivity (Wildman–Crippen MR) is 51.0 cm³/mol. The van der Waals surface area contributed by atoms with Gasteiger partial charge in [0.15, 0.2) is 11.5 Å². The zero-order valence-electron chi connectivity index (χ0n) is 8.96. The lowest BCUT2D eigenvalue weighted by atomic mass is 10.3. The molecule has 2 heterocycles. The Morgan fingerprint density at radius 3 is 2.18 bits per heavy atom. The Bertz CT molecular complexity index is 564. The number of aryl methyl sites for hydroxylation is 2. The van der Waals surface area contributed by atoms with Crippen LogP contribution in [0.1, 0.15) is 30.2 Å². The van der Waals surface area contributed by atoms with Gasteiger partial charge in [0.2, 0.25) is 0 Å². The summed E-state index contributed by atoms with van der Waals surface area (Å²) in [5.74, 6) is -0.501. The van der Waals surface area contributed by atoms with Crippen LogP contribution in [0.15, 0.2) is 0 Å². The topological polar surface area (TPSA) is 43.6 Å². The van der Waals surface area contributed by atoms with Gasteiger partial charge in [-0.2, -0.15) is 0 Å². The van der Waals surface area contributed by atoms with Crippen molar-refractivity contribution in [3.63, 3.8) is 0 Å². The molecule has 0 bridgehead atoms. The molecule has 0 aliphatic heterocycles. The van der Waals surface area contributed by atoms with Crippen LogP contribution >= 0.6 is 0 Å². The first-order valence-electron chi connectivity index (χ1n) is 4.69. The highest BCUT2D eigenvalue weighted by Crippen LogP contribution is 2.27. The molecule has 2 aromatic heterocycles. The third-order valence-electron chi connectivity index (χ3n) is 2.39. The zero-order chi connectivity index (χ0) is 12.7. The second-order valence-electron chi connectivity index (χ2n) is 3.46. The van der Waals surface area contributed by atoms with E-state index in [1.807, 2.05) is 0 Å². The average molecular weight is 248 g/mol. The summed E-state index contributed by atoms with van der Waals surface area (Å²) in [6.45, 7) is 1.57. The minimum absolute atomic E-state index is 0.0110. The number of fused-ring (bicyclic) bond motifs is 1. The summed E-state index contributed by atoms with van der Waals surface area (Å²) >= 11 is 0. The Kier molecular flexibility index (Phi) is 2.72. The summed E-state index contributed by atoms with van der Waals surface area (Å²) in [7, 11) is 1.52. The van der Waals surface area contributed by atoms with Crippen LogP contribution in [0.3, 0.4) is 0 Å². The van der Waals surface area contributed by atoms with Crippen LogP contribution in [0, 0.1) is 6.92 Å². The Morgan fingerprint density at radius 2 is 1.65 bits per heavy atom. The number of nitrogens with zero attached hydrogens (tertiary/aromatic N) is 4. The number of imidazole rings is 1. The summed E-state index contributed by atoms with van der Waals surface area (Å²) in [5.41, 5.74) is -0.901. The molecule has 0 radical (unpaired) electrons. The first kappa shape index (κ1) is 11.7. The van der Waals surface area contributed by atoms with Crippen LogP contribution in [0.4, 0.5) is 17.6 Å². The lowest BCUT2D eigenvalue weighted by molar-refractivity contribution is 0.131. The zero-order valence-corrected chi connectivity index (χ0v) is 8.96. The molecule has 2 aromatic rings. The number of halogens is 4. The summed E-state index contributed by atoms with van der Waals surface area (Å²) in [6, 6.07) is 0. The minimum atomic E-state index is -2.99. The standard InChI is InChI=1S/C9H8F4N4/c1-3-14-5-4(6(10)11)15-8(7(12)13)16-9(5)17(3)2/h6-7H,1-2H3. The van der Waals surface area contributed by atoms with Gasteiger partial charge in [-0.1, -0.05) is 0 Å². The lowest BCUT2D eigenvalue weighted by Crippen LogP contribution is -2.03. The van der Waals surface area contributed by atoms with E-state index in [1.54, 1.807) is 6.92 Å². The van der Waals surface area contributed by atoms with Crippen LogP contribution in [0.25, 0.3) is 11.2 Å². The molecule has 92 valence electrons. The van der Waals surface area contributed by atoms with Crippen molar-refractivity contribution in [3.05, 3.63) is 17.3 Å². The van der Waals surface area contributed by atoms with E-state index in [0.717, 1.165) is 0 Å². The maximum Gasteiger partial charge on any atom is 0.297 e. The fraction of sp³-hybridized carbons (Fsp3) is 0.444. The monoisotopic (exact) mass is 248 g/mol. The highest BCUT2D eigenvalue weighted by molar-refractivity contribution is 5.74. The molecule has 0 aliphatic rings. The van der Waals surface area contributed by atoms with Crippen LogP contribution in [-0.4, -0.2) is 19.5 Å². The molecule has 8 heteroatoms. The van der Waals surface area contributed by atoms with Gasteiger partial charge in [0.1, 0.15) is 17.0 Å². The molecule has 0 saturated heterocycles. The molecule has 17 heavy (non-hydrogen) atoms. The molecule has 0 unspecified atom stereocenters. The summed E-state index contributed by atoms with van der Waals surface area (Å²) in [4.78, 5) is 10.6. The van der Waals surface area contributed by atoms with Gasteiger partial charge < -0.3 is 4.57 Å². The average Bonchev–Trinajstić information content (AvgIpc) is 2.54. The fourth-order valence-corrected chi connectivity index (χ4v) is 1.46. The molecule has 0 spiro atoms. The predicted octanol–water partition coefficient (Wildman–Crippen LogP) is 2.55. The maximum atomic E-state index is 12.7. The summed E-state index contributed by atoms with van der Waals surface area (Å²) in [5, 5.41) is 0. The van der Waals surface area contributed by atoms with Gasteiger partial charge in [0.05, 0.1) is 0 Å². The van der Waals surface area contributed by atoms with Gasteiger partial charge in [0, 0.05) is 7.05 Å². The van der Waals surface area contributed by atoms with Crippen molar-refractivity contribution in [1.82, 2.24) is 19.5 Å². The van der Waals surface area contributed by atoms with Gasteiger partial charge in [-0.05, 0) is 6.92 Å². The van der Waals surface area contributed by atoms with Crippen molar-refractivity contribution < 1.29 is 17.6 Å². The van der Waals surface area contributed by atoms with E-state index in [4.69, 9.17) is 0 Å². The molecular weight excluding hydrogens is 240 g/mol. The molecule has 0 amide bonds. The molecule has 2 rings (SSSR count). The summed E-state index contributed by atoms with van der Waals surface area (Å²) < 4.78 is 51.7. The maximum absolute atomic E-state index is 12.7. The largest absolute Gasteiger partial charge is 0.316 e. The number of rotatable bonds is 2. The summed E-state index contributed by atoms with van der Waals surface area (Å²) in [6.07, 6.45) is -5.96. The van der Waals surface area contributed by atoms with Crippen molar-refractivity contribution in [2.75, 3.05) is 0 Å². The van der Waals surface area contributed by atoms with E-state index in [1.165, 1.54) is 11.6 Å². The number of hydrogen-bond donors (Lipinski definition) is 0. The van der Waals surface area contributed by atoms with Crippen molar-refractivity contribution >= 4 is 11.2 Å². The van der Waals surface area contributed by atoms with E-state index in [-0.39, 0.29) is 11.2 Å². The number of alkyl halides is 4. The second-order valence-corrected chi connectivity index (χ2v) is 3.46. The van der Waals surface area contributed by atoms with E-state index in [2.05, 4.69) is 15.0 Å². The molecule has 0 fully saturated rings. The third-order valence-corrected chi connectivity index (χ3v) is 2.39. The normalized spacial score (nSPS) is 12.0. The fourth-order valence-electron chi connectivity index (χ4n) is 1.46. The Hall–Kier alpha value is -1.73. The van der Waals surface area contributed by atoms with Crippen molar-refractivity contribution in [2.45, 2.75) is 19.8 Å². The van der Waals surface area contributed by atoms with Crippen LogP contribution < -0.4 is 0 Å². The smallest absolute Gasteiger partial charge is 0.297 e. The number of aromatic nitrogens is 4. The van der Waals surface area contributed by atoms with Gasteiger partial charge in [-0.15, -0.1) is 0 Å². The van der Waals surface area contributed by atoms with Crippen LogP contribution in [0.5, 0.6) is 0 Å². The van der Waals surface area contributed by atoms with Gasteiger partial charge in [-0.25, -0.2) is 32.5 Å². The molecule has 0 aliphatic carbocycles. The van der Waals surface area contributed by atoms with Crippen molar-refractivity contribution in [3.8, 4) is 0 Å². The highest BCUT2D eigenvalue weighted by Gasteiger charge is 2.23. The van der Waals surface area contributed by atoms with Gasteiger partial charge >= 0.3 is 0 Å². The van der Waals surface area contributed by atoms with Gasteiger partial charge in [0.25, 0.3) is 12.9 Å². The minimum Gasteiger partial charge on any atom is -0.316 e. The Balaban J connectivity index is 2.81. The molecule has 0 saturated carbocycles. The van der Waals surface area contributed by atoms with E-state index in [0.29, 0.717) is 5.82 Å². The number of hydrogen-bond acceptors (Lipinski definition) is 3. The highest BCUT2D eigenvalue weighted by atomic mass is 19.3. The Morgan fingerprint density at radius 1 is 1.00 bits per heavy atom. The first-order chi connectivity index (χ1) is 7.91. The van der Waals surface area contributed by atoms with E-state index >= 15 is 0 Å². The first-order valence-corrected chi connectivity index (χ1v) is 4.69. The molecule has 4 nitrogen and oxygen atoms in total. The van der Waals surface area contributed by atoms with Gasteiger partial charge in [-0.3, -0.25) is 0 Å². The quantitative estimate of drug-likeness (QED) is 0.767. The van der Waals surface area contributed by atoms with Crippen molar-refractivity contribution in [1.29, 1.82) is 0 Å². The SMILES string of the molecule is Cc1nc2c(C(F)F)nc(C(F)F)nc2n1C. The molecule has 0 atom stereocenters. The third kappa shape index (κ3) is 1.83. The lowest BCUT2D eigenvalue weighted by Gasteiger charge is -2.04. The molecule has 0 N–H and O–H groups in total. The van der Waals surface area contributed by atoms with Crippen LogP contribution in [0.2, 0.25) is 0 Å². The van der Waals surface area contributed by atoms with Crippen LogP contribution in [-0.2, 0) is 7.05 Å². The van der Waals surface area contributed by atoms with Crippen molar-refractivity contribution in [2.24, 2.45) is 7.05 Å². The molecule has 0 aromatic carbocycles.